The fourth-order valence-corrected chi connectivity index (χ4v) is 3.41. The summed E-state index contributed by atoms with van der Waals surface area (Å²) in [6.07, 6.45) is 7.71. The van der Waals surface area contributed by atoms with E-state index in [4.69, 9.17) is 0 Å². The molecule has 0 amide bonds. The summed E-state index contributed by atoms with van der Waals surface area (Å²) < 4.78 is 1.82. The predicted molar refractivity (Wildman–Crippen MR) is 77.5 cm³/mol. The van der Waals surface area contributed by atoms with Crippen LogP contribution < -0.4 is 0 Å². The second kappa shape index (κ2) is 5.95. The average molecular weight is 279 g/mol. The van der Waals surface area contributed by atoms with Gasteiger partial charge in [-0.15, -0.1) is 0 Å². The van der Waals surface area contributed by atoms with Gasteiger partial charge < -0.3 is 5.11 Å². The highest BCUT2D eigenvalue weighted by Gasteiger charge is 2.38. The quantitative estimate of drug-likeness (QED) is 0.898. The van der Waals surface area contributed by atoms with Crippen molar-refractivity contribution >= 4 is 5.97 Å². The van der Waals surface area contributed by atoms with E-state index < -0.39 is 5.97 Å². The van der Waals surface area contributed by atoms with Gasteiger partial charge in [-0.3, -0.25) is 14.4 Å². The molecule has 1 aromatic rings. The Morgan fingerprint density at radius 3 is 2.60 bits per heavy atom. The van der Waals surface area contributed by atoms with Crippen molar-refractivity contribution in [3.63, 3.8) is 0 Å². The molecule has 1 aliphatic rings. The molecule has 1 heterocycles. The molecule has 0 unspecified atom stereocenters. The van der Waals surface area contributed by atoms with Gasteiger partial charge in [-0.05, 0) is 26.8 Å². The lowest BCUT2D eigenvalue weighted by atomic mass is 9.78. The second-order valence-electron chi connectivity index (χ2n) is 6.12. The summed E-state index contributed by atoms with van der Waals surface area (Å²) in [7, 11) is 3.98. The van der Waals surface area contributed by atoms with Gasteiger partial charge in [-0.1, -0.05) is 19.3 Å². The number of aryl methyl sites for hydroxylation is 2. The first-order chi connectivity index (χ1) is 9.43. The molecule has 1 aliphatic carbocycles. The highest BCUT2D eigenvalue weighted by molar-refractivity contribution is 5.68. The first-order valence-electron chi connectivity index (χ1n) is 7.35. The molecule has 1 saturated carbocycles. The van der Waals surface area contributed by atoms with E-state index in [0.717, 1.165) is 37.9 Å². The summed E-state index contributed by atoms with van der Waals surface area (Å²) in [5.74, 6) is -0.693. The maximum atomic E-state index is 11.3. The average Bonchev–Trinajstić information content (AvgIpc) is 2.68. The van der Waals surface area contributed by atoms with Crippen molar-refractivity contribution in [3.05, 3.63) is 17.5 Å². The molecule has 2 rings (SSSR count). The van der Waals surface area contributed by atoms with Crippen molar-refractivity contribution in [3.8, 4) is 0 Å². The molecule has 1 aromatic heterocycles. The minimum Gasteiger partial charge on any atom is -0.481 e. The number of hydrogen-bond acceptors (Lipinski definition) is 3. The Morgan fingerprint density at radius 2 is 2.10 bits per heavy atom. The van der Waals surface area contributed by atoms with E-state index >= 15 is 0 Å². The standard InChI is InChI=1S/C15H25N3O2/c1-12-13(11-18(3)16-12)10-17(2)15(9-14(19)20)7-5-4-6-8-15/h11H,4-10H2,1-3H3,(H,19,20). The van der Waals surface area contributed by atoms with Crippen molar-refractivity contribution < 1.29 is 9.90 Å². The minimum absolute atomic E-state index is 0.188. The van der Waals surface area contributed by atoms with Gasteiger partial charge in [0.05, 0.1) is 12.1 Å². The van der Waals surface area contributed by atoms with Crippen molar-refractivity contribution in [2.24, 2.45) is 7.05 Å². The van der Waals surface area contributed by atoms with Gasteiger partial charge in [0.25, 0.3) is 0 Å². The fourth-order valence-electron chi connectivity index (χ4n) is 3.41. The maximum Gasteiger partial charge on any atom is 0.305 e. The molecule has 0 radical (unpaired) electrons. The number of aromatic nitrogens is 2. The molecule has 5 heteroatoms. The first-order valence-corrected chi connectivity index (χ1v) is 7.35. The van der Waals surface area contributed by atoms with Crippen molar-refractivity contribution in [2.45, 2.75) is 57.5 Å². The Bertz CT molecular complexity index is 475. The van der Waals surface area contributed by atoms with Crippen molar-refractivity contribution in [1.29, 1.82) is 0 Å². The van der Waals surface area contributed by atoms with E-state index in [1.807, 2.05) is 24.9 Å². The predicted octanol–water partition coefficient (Wildman–Crippen LogP) is 2.34. The van der Waals surface area contributed by atoms with Crippen LogP contribution >= 0.6 is 0 Å². The van der Waals surface area contributed by atoms with Crippen LogP contribution in [0.3, 0.4) is 0 Å². The van der Waals surface area contributed by atoms with Crippen molar-refractivity contribution in [2.75, 3.05) is 7.05 Å². The third-order valence-corrected chi connectivity index (χ3v) is 4.60. The highest BCUT2D eigenvalue weighted by atomic mass is 16.4. The van der Waals surface area contributed by atoms with Crippen LogP contribution in [0.25, 0.3) is 0 Å². The summed E-state index contributed by atoms with van der Waals surface area (Å²) >= 11 is 0. The van der Waals surface area contributed by atoms with E-state index in [-0.39, 0.29) is 12.0 Å². The maximum absolute atomic E-state index is 11.3. The number of carbonyl (C=O) groups is 1. The van der Waals surface area contributed by atoms with Gasteiger partial charge in [0.15, 0.2) is 0 Å². The van der Waals surface area contributed by atoms with Crippen LogP contribution in [-0.4, -0.2) is 38.3 Å². The van der Waals surface area contributed by atoms with Crippen LogP contribution in [0.4, 0.5) is 0 Å². The summed E-state index contributed by atoms with van der Waals surface area (Å²) in [6.45, 7) is 2.78. The first kappa shape index (κ1) is 15.0. The zero-order valence-electron chi connectivity index (χ0n) is 12.7. The number of hydrogen-bond donors (Lipinski definition) is 1. The topological polar surface area (TPSA) is 58.4 Å². The van der Waals surface area contributed by atoms with Gasteiger partial charge >= 0.3 is 5.97 Å². The Hall–Kier alpha value is -1.36. The monoisotopic (exact) mass is 279 g/mol. The number of carboxylic acid groups (broad SMARTS) is 1. The largest absolute Gasteiger partial charge is 0.481 e. The molecule has 0 saturated heterocycles. The molecule has 1 fully saturated rings. The normalized spacial score (nSPS) is 18.4. The lowest BCUT2D eigenvalue weighted by molar-refractivity contribution is -0.141. The highest BCUT2D eigenvalue weighted by Crippen LogP contribution is 2.36. The molecule has 0 bridgehead atoms. The molecule has 1 N–H and O–H groups in total. The third-order valence-electron chi connectivity index (χ3n) is 4.60. The molecular weight excluding hydrogens is 254 g/mol. The van der Waals surface area contributed by atoms with E-state index in [9.17, 15) is 9.90 Å². The van der Waals surface area contributed by atoms with Gasteiger partial charge in [0, 0.05) is 30.9 Å². The molecule has 0 atom stereocenters. The van der Waals surface area contributed by atoms with Crippen LogP contribution in [0.2, 0.25) is 0 Å². The lowest BCUT2D eigenvalue weighted by Crippen LogP contribution is -2.49. The summed E-state index contributed by atoms with van der Waals surface area (Å²) in [5, 5.41) is 13.6. The van der Waals surface area contributed by atoms with E-state index in [2.05, 4.69) is 17.0 Å². The van der Waals surface area contributed by atoms with Crippen LogP contribution in [0.1, 0.15) is 49.8 Å². The summed E-state index contributed by atoms with van der Waals surface area (Å²) in [6, 6.07) is 0. The van der Waals surface area contributed by atoms with Crippen molar-refractivity contribution in [1.82, 2.24) is 14.7 Å². The molecule has 0 spiro atoms. The van der Waals surface area contributed by atoms with E-state index in [1.54, 1.807) is 0 Å². The minimum atomic E-state index is -0.693. The van der Waals surface area contributed by atoms with Crippen LogP contribution in [0.15, 0.2) is 6.20 Å². The van der Waals surface area contributed by atoms with Crippen LogP contribution in [0, 0.1) is 6.92 Å². The molecule has 0 aromatic carbocycles. The Balaban J connectivity index is 2.15. The number of nitrogens with zero attached hydrogens (tertiary/aromatic N) is 3. The molecule has 5 nitrogen and oxygen atoms in total. The SMILES string of the molecule is Cc1nn(C)cc1CN(C)C1(CC(=O)O)CCCCC1. The summed E-state index contributed by atoms with van der Waals surface area (Å²) in [4.78, 5) is 13.5. The van der Waals surface area contributed by atoms with Gasteiger partial charge in [-0.2, -0.15) is 5.10 Å². The fraction of sp³-hybridized carbons (Fsp3) is 0.733. The number of carboxylic acids is 1. The Labute approximate surface area is 120 Å². The van der Waals surface area contributed by atoms with Crippen LogP contribution in [0.5, 0.6) is 0 Å². The number of aliphatic carboxylic acids is 1. The lowest BCUT2D eigenvalue weighted by Gasteiger charge is -2.44. The summed E-state index contributed by atoms with van der Waals surface area (Å²) in [5.41, 5.74) is 2.03. The van der Waals surface area contributed by atoms with Crippen LogP contribution in [-0.2, 0) is 18.4 Å². The Kier molecular flexibility index (Phi) is 4.48. The Morgan fingerprint density at radius 1 is 1.45 bits per heavy atom. The third kappa shape index (κ3) is 3.20. The molecular formula is C15H25N3O2. The second-order valence-corrected chi connectivity index (χ2v) is 6.12. The van der Waals surface area contributed by atoms with Gasteiger partial charge in [0.1, 0.15) is 0 Å². The number of rotatable bonds is 5. The van der Waals surface area contributed by atoms with Gasteiger partial charge in [-0.25, -0.2) is 0 Å². The smallest absolute Gasteiger partial charge is 0.305 e. The zero-order valence-corrected chi connectivity index (χ0v) is 12.7. The molecule has 112 valence electrons. The zero-order chi connectivity index (χ0) is 14.8. The van der Waals surface area contributed by atoms with E-state index in [0.29, 0.717) is 0 Å². The van der Waals surface area contributed by atoms with Gasteiger partial charge in [0.2, 0.25) is 0 Å². The molecule has 0 aliphatic heterocycles. The van der Waals surface area contributed by atoms with E-state index in [1.165, 1.54) is 12.0 Å². The molecule has 20 heavy (non-hydrogen) atoms.